The van der Waals surface area contributed by atoms with Crippen LogP contribution in [0.1, 0.15) is 41.4 Å². The van der Waals surface area contributed by atoms with Crippen molar-refractivity contribution in [2.24, 2.45) is 5.92 Å². The summed E-state index contributed by atoms with van der Waals surface area (Å²) in [5.74, 6) is 0.0238. The number of piperidine rings is 1. The number of thiophene rings is 1. The minimum atomic E-state index is -0.105. The van der Waals surface area contributed by atoms with Gasteiger partial charge in [-0.3, -0.25) is 9.59 Å². The van der Waals surface area contributed by atoms with Crippen LogP contribution in [0, 0.1) is 5.92 Å². The standard InChI is InChI=1S/C21H26N2O2S/c1-16(11-12-17-7-3-2-4-8-17)22-20(24)18-9-5-13-23(15-18)21(25)19-10-6-14-26-19/h2-4,6-8,10,14,16,18H,5,9,11-13,15H2,1H3,(H,22,24). The van der Waals surface area contributed by atoms with E-state index in [-0.39, 0.29) is 23.8 Å². The highest BCUT2D eigenvalue weighted by Crippen LogP contribution is 2.21. The van der Waals surface area contributed by atoms with E-state index < -0.39 is 0 Å². The van der Waals surface area contributed by atoms with E-state index in [9.17, 15) is 9.59 Å². The molecule has 0 aliphatic carbocycles. The first-order chi connectivity index (χ1) is 12.6. The maximum Gasteiger partial charge on any atom is 0.263 e. The second-order valence-electron chi connectivity index (χ2n) is 7.00. The maximum absolute atomic E-state index is 12.6. The Morgan fingerprint density at radius 2 is 2.04 bits per heavy atom. The molecule has 138 valence electrons. The van der Waals surface area contributed by atoms with E-state index in [0.29, 0.717) is 6.54 Å². The van der Waals surface area contributed by atoms with Gasteiger partial charge in [-0.1, -0.05) is 36.4 Å². The van der Waals surface area contributed by atoms with Crippen LogP contribution in [0.5, 0.6) is 0 Å². The number of hydrogen-bond acceptors (Lipinski definition) is 3. The largest absolute Gasteiger partial charge is 0.353 e. The molecule has 2 heterocycles. The van der Waals surface area contributed by atoms with Crippen molar-refractivity contribution in [3.05, 3.63) is 58.3 Å². The van der Waals surface area contributed by atoms with Crippen LogP contribution >= 0.6 is 11.3 Å². The average Bonchev–Trinajstić information content (AvgIpc) is 3.21. The lowest BCUT2D eigenvalue weighted by molar-refractivity contribution is -0.127. The van der Waals surface area contributed by atoms with Gasteiger partial charge in [0.25, 0.3) is 5.91 Å². The number of likely N-dealkylation sites (tertiary alicyclic amines) is 1. The highest BCUT2D eigenvalue weighted by atomic mass is 32.1. The number of amides is 2. The van der Waals surface area contributed by atoms with Crippen LogP contribution in [0.2, 0.25) is 0 Å². The molecule has 0 saturated carbocycles. The Hall–Kier alpha value is -2.14. The summed E-state index contributed by atoms with van der Waals surface area (Å²) in [6, 6.07) is 14.2. The molecule has 0 spiro atoms. The quantitative estimate of drug-likeness (QED) is 0.842. The van der Waals surface area contributed by atoms with Gasteiger partial charge in [-0.05, 0) is 49.6 Å². The second-order valence-corrected chi connectivity index (χ2v) is 7.95. The molecule has 2 atom stereocenters. The van der Waals surface area contributed by atoms with Crippen molar-refractivity contribution in [1.82, 2.24) is 10.2 Å². The lowest BCUT2D eigenvalue weighted by Gasteiger charge is -2.32. The molecule has 1 aliphatic rings. The number of carbonyl (C=O) groups excluding carboxylic acids is 2. The molecule has 1 N–H and O–H groups in total. The first kappa shape index (κ1) is 18.6. The van der Waals surface area contributed by atoms with Crippen LogP contribution < -0.4 is 5.32 Å². The van der Waals surface area contributed by atoms with E-state index in [2.05, 4.69) is 24.4 Å². The molecule has 1 aromatic heterocycles. The fourth-order valence-corrected chi connectivity index (χ4v) is 4.08. The van der Waals surface area contributed by atoms with Crippen LogP contribution in [0.15, 0.2) is 47.8 Å². The molecule has 1 saturated heterocycles. The zero-order chi connectivity index (χ0) is 18.4. The Bertz CT molecular complexity index is 715. The van der Waals surface area contributed by atoms with Gasteiger partial charge in [0, 0.05) is 19.1 Å². The molecule has 3 rings (SSSR count). The maximum atomic E-state index is 12.6. The van der Waals surface area contributed by atoms with Crippen molar-refractivity contribution < 1.29 is 9.59 Å². The minimum absolute atomic E-state index is 0.0506. The van der Waals surface area contributed by atoms with Gasteiger partial charge < -0.3 is 10.2 Å². The molecule has 0 bridgehead atoms. The molecular weight excluding hydrogens is 344 g/mol. The van der Waals surface area contributed by atoms with Gasteiger partial charge in [0.05, 0.1) is 10.8 Å². The molecule has 2 unspecified atom stereocenters. The van der Waals surface area contributed by atoms with Gasteiger partial charge in [-0.15, -0.1) is 11.3 Å². The topological polar surface area (TPSA) is 49.4 Å². The number of nitrogens with one attached hydrogen (secondary N) is 1. The Morgan fingerprint density at radius 1 is 1.23 bits per heavy atom. The van der Waals surface area contributed by atoms with Gasteiger partial charge in [0.15, 0.2) is 0 Å². The van der Waals surface area contributed by atoms with E-state index in [0.717, 1.165) is 37.1 Å². The summed E-state index contributed by atoms with van der Waals surface area (Å²) in [6.45, 7) is 3.32. The van der Waals surface area contributed by atoms with Crippen molar-refractivity contribution in [1.29, 1.82) is 0 Å². The summed E-state index contributed by atoms with van der Waals surface area (Å²) in [6.07, 6.45) is 3.61. The summed E-state index contributed by atoms with van der Waals surface area (Å²) in [7, 11) is 0. The minimum Gasteiger partial charge on any atom is -0.353 e. The van der Waals surface area contributed by atoms with Gasteiger partial charge >= 0.3 is 0 Å². The third kappa shape index (κ3) is 4.94. The fraction of sp³-hybridized carbons (Fsp3) is 0.429. The zero-order valence-electron chi connectivity index (χ0n) is 15.2. The Balaban J connectivity index is 1.48. The monoisotopic (exact) mass is 370 g/mol. The third-order valence-corrected chi connectivity index (χ3v) is 5.77. The van der Waals surface area contributed by atoms with E-state index >= 15 is 0 Å². The summed E-state index contributed by atoms with van der Waals surface area (Å²) in [5.41, 5.74) is 1.29. The number of aryl methyl sites for hydroxylation is 1. The first-order valence-electron chi connectivity index (χ1n) is 9.30. The number of rotatable bonds is 6. The SMILES string of the molecule is CC(CCc1ccccc1)NC(=O)C1CCCN(C(=O)c2cccs2)C1. The zero-order valence-corrected chi connectivity index (χ0v) is 16.0. The van der Waals surface area contributed by atoms with Crippen molar-refractivity contribution in [3.63, 3.8) is 0 Å². The molecule has 1 aromatic carbocycles. The number of nitrogens with zero attached hydrogens (tertiary/aromatic N) is 1. The predicted molar refractivity (Wildman–Crippen MR) is 105 cm³/mol. The number of carbonyl (C=O) groups is 2. The highest BCUT2D eigenvalue weighted by molar-refractivity contribution is 7.12. The van der Waals surface area contributed by atoms with E-state index in [1.54, 1.807) is 0 Å². The number of benzene rings is 1. The first-order valence-corrected chi connectivity index (χ1v) is 10.2. The van der Waals surface area contributed by atoms with Crippen molar-refractivity contribution in [2.75, 3.05) is 13.1 Å². The van der Waals surface area contributed by atoms with Crippen molar-refractivity contribution in [2.45, 2.75) is 38.6 Å². The molecule has 4 nitrogen and oxygen atoms in total. The Morgan fingerprint density at radius 3 is 2.77 bits per heavy atom. The molecular formula is C21H26N2O2S. The predicted octanol–water partition coefficient (Wildman–Crippen LogP) is 3.74. The molecule has 0 radical (unpaired) electrons. The van der Waals surface area contributed by atoms with Crippen LogP contribution in [0.3, 0.4) is 0 Å². The van der Waals surface area contributed by atoms with Crippen LogP contribution in [-0.2, 0) is 11.2 Å². The van der Waals surface area contributed by atoms with Crippen LogP contribution in [0.4, 0.5) is 0 Å². The van der Waals surface area contributed by atoms with Gasteiger partial charge in [-0.2, -0.15) is 0 Å². The summed E-state index contributed by atoms with van der Waals surface area (Å²) in [5, 5.41) is 5.05. The lowest BCUT2D eigenvalue weighted by atomic mass is 9.96. The van der Waals surface area contributed by atoms with Crippen molar-refractivity contribution in [3.8, 4) is 0 Å². The average molecular weight is 371 g/mol. The summed E-state index contributed by atoms with van der Waals surface area (Å²) in [4.78, 5) is 27.7. The Labute approximate surface area is 159 Å². The fourth-order valence-electron chi connectivity index (χ4n) is 3.39. The molecule has 1 aliphatic heterocycles. The van der Waals surface area contributed by atoms with Gasteiger partial charge in [0.1, 0.15) is 0 Å². The third-order valence-electron chi connectivity index (χ3n) is 4.91. The smallest absolute Gasteiger partial charge is 0.263 e. The summed E-state index contributed by atoms with van der Waals surface area (Å²) < 4.78 is 0. The van der Waals surface area contributed by atoms with E-state index in [1.807, 2.05) is 40.6 Å². The van der Waals surface area contributed by atoms with Gasteiger partial charge in [-0.25, -0.2) is 0 Å². The lowest BCUT2D eigenvalue weighted by Crippen LogP contribution is -2.47. The second kappa shape index (κ2) is 8.99. The number of hydrogen-bond donors (Lipinski definition) is 1. The summed E-state index contributed by atoms with van der Waals surface area (Å²) >= 11 is 1.46. The molecule has 2 aromatic rings. The molecule has 5 heteroatoms. The van der Waals surface area contributed by atoms with Crippen LogP contribution in [0.25, 0.3) is 0 Å². The van der Waals surface area contributed by atoms with E-state index in [4.69, 9.17) is 0 Å². The van der Waals surface area contributed by atoms with Gasteiger partial charge in [0.2, 0.25) is 5.91 Å². The molecule has 26 heavy (non-hydrogen) atoms. The Kier molecular flexibility index (Phi) is 6.45. The highest BCUT2D eigenvalue weighted by Gasteiger charge is 2.29. The molecule has 1 fully saturated rings. The normalized spacial score (nSPS) is 18.3. The van der Waals surface area contributed by atoms with E-state index in [1.165, 1.54) is 16.9 Å². The molecule has 2 amide bonds. The van der Waals surface area contributed by atoms with Crippen LogP contribution in [-0.4, -0.2) is 35.8 Å². The van der Waals surface area contributed by atoms with Crippen molar-refractivity contribution >= 4 is 23.2 Å².